The molecule has 0 spiro atoms. The summed E-state index contributed by atoms with van der Waals surface area (Å²) in [6.45, 7) is 2.29. The summed E-state index contributed by atoms with van der Waals surface area (Å²) in [5, 5.41) is 7.30. The average molecular weight is 467 g/mol. The first-order chi connectivity index (χ1) is 15.4. The number of hydrogen-bond acceptors (Lipinski definition) is 3. The second-order valence-electron chi connectivity index (χ2n) is 8.49. The maximum Gasteiger partial charge on any atom is 0.0530 e. The van der Waals surface area contributed by atoms with Crippen molar-refractivity contribution in [2.24, 2.45) is 0 Å². The van der Waals surface area contributed by atoms with Gasteiger partial charge in [0.15, 0.2) is 0 Å². The standard InChI is InChI=1S/C28H34S3/c1-2-3-4-5-6-7-8-9-10-11-15-22-19-21-30-26(22)28-24-17-13-12-16-23(24)27(31-28)25-18-14-20-29-25/h12-14,16-21H,2-11,15H2,1H3. The fraction of sp³-hybridized carbons (Fsp3) is 0.429. The minimum absolute atomic E-state index is 1.22. The van der Waals surface area contributed by atoms with Crippen LogP contribution in [0.2, 0.25) is 0 Å². The Morgan fingerprint density at radius 1 is 0.581 bits per heavy atom. The number of aryl methyl sites for hydroxylation is 1. The van der Waals surface area contributed by atoms with Crippen molar-refractivity contribution in [1.29, 1.82) is 0 Å². The number of benzene rings is 1. The summed E-state index contributed by atoms with van der Waals surface area (Å²) in [5.41, 5.74) is 1.55. The maximum atomic E-state index is 2.37. The van der Waals surface area contributed by atoms with E-state index in [0.29, 0.717) is 0 Å². The van der Waals surface area contributed by atoms with E-state index in [4.69, 9.17) is 0 Å². The average Bonchev–Trinajstić information content (AvgIpc) is 3.54. The first-order valence-corrected chi connectivity index (χ1v) is 14.6. The monoisotopic (exact) mass is 466 g/mol. The van der Waals surface area contributed by atoms with Crippen LogP contribution in [0.15, 0.2) is 53.2 Å². The van der Waals surface area contributed by atoms with E-state index < -0.39 is 0 Å². The topological polar surface area (TPSA) is 0 Å². The second-order valence-corrected chi connectivity index (χ2v) is 11.4. The number of thiophene rings is 3. The van der Waals surface area contributed by atoms with Crippen LogP contribution in [0.1, 0.15) is 76.7 Å². The van der Waals surface area contributed by atoms with Gasteiger partial charge in [0.05, 0.1) is 9.75 Å². The van der Waals surface area contributed by atoms with Crippen molar-refractivity contribution >= 4 is 44.8 Å². The van der Waals surface area contributed by atoms with Gasteiger partial charge in [-0.25, -0.2) is 0 Å². The highest BCUT2D eigenvalue weighted by Crippen LogP contribution is 2.47. The maximum absolute atomic E-state index is 2.37. The second kappa shape index (κ2) is 12.0. The molecule has 0 saturated heterocycles. The lowest BCUT2D eigenvalue weighted by Crippen LogP contribution is -1.87. The molecular weight excluding hydrogens is 433 g/mol. The molecule has 3 heteroatoms. The molecule has 3 aromatic heterocycles. The van der Waals surface area contributed by atoms with E-state index in [1.807, 2.05) is 34.0 Å². The van der Waals surface area contributed by atoms with Crippen LogP contribution in [-0.2, 0) is 6.42 Å². The van der Waals surface area contributed by atoms with Crippen LogP contribution in [0.5, 0.6) is 0 Å². The molecule has 0 unspecified atom stereocenters. The Kier molecular flexibility index (Phi) is 8.80. The Morgan fingerprint density at radius 2 is 1.26 bits per heavy atom. The van der Waals surface area contributed by atoms with Gasteiger partial charge < -0.3 is 0 Å². The van der Waals surface area contributed by atoms with Crippen molar-refractivity contribution in [1.82, 2.24) is 0 Å². The van der Waals surface area contributed by atoms with Gasteiger partial charge in [-0.3, -0.25) is 0 Å². The minimum Gasteiger partial charge on any atom is -0.143 e. The van der Waals surface area contributed by atoms with Gasteiger partial charge in [0.25, 0.3) is 0 Å². The summed E-state index contributed by atoms with van der Waals surface area (Å²) >= 11 is 5.75. The van der Waals surface area contributed by atoms with Crippen molar-refractivity contribution in [2.45, 2.75) is 77.6 Å². The summed E-state index contributed by atoms with van der Waals surface area (Å²) < 4.78 is 0. The SMILES string of the molecule is CCCCCCCCCCCCc1ccsc1-c1sc(-c2cccs2)c2ccccc12. The zero-order chi connectivity index (χ0) is 21.3. The number of unbranched alkanes of at least 4 members (excludes halogenated alkanes) is 9. The largest absolute Gasteiger partial charge is 0.143 e. The Labute approximate surface area is 200 Å². The quantitative estimate of drug-likeness (QED) is 0.172. The lowest BCUT2D eigenvalue weighted by Gasteiger charge is -2.04. The predicted octanol–water partition coefficient (Wildman–Crippen LogP) is 10.8. The lowest BCUT2D eigenvalue weighted by atomic mass is 10.0. The molecule has 164 valence electrons. The van der Waals surface area contributed by atoms with Gasteiger partial charge >= 0.3 is 0 Å². The molecular formula is C28H34S3. The zero-order valence-electron chi connectivity index (χ0n) is 18.7. The fourth-order valence-corrected chi connectivity index (χ4v) is 7.68. The zero-order valence-corrected chi connectivity index (χ0v) is 21.1. The summed E-state index contributed by atoms with van der Waals surface area (Å²) in [4.78, 5) is 5.79. The molecule has 0 aliphatic heterocycles. The molecule has 1 aromatic carbocycles. The van der Waals surface area contributed by atoms with Crippen molar-refractivity contribution in [3.63, 3.8) is 0 Å². The fourth-order valence-electron chi connectivity index (χ4n) is 4.39. The van der Waals surface area contributed by atoms with E-state index in [2.05, 4.69) is 60.1 Å². The minimum atomic E-state index is 1.22. The molecule has 0 atom stereocenters. The van der Waals surface area contributed by atoms with Crippen molar-refractivity contribution < 1.29 is 0 Å². The summed E-state index contributed by atoms with van der Waals surface area (Å²) in [5.74, 6) is 0. The smallest absolute Gasteiger partial charge is 0.0530 e. The molecule has 0 nitrogen and oxygen atoms in total. The van der Waals surface area contributed by atoms with Crippen LogP contribution in [0.25, 0.3) is 30.3 Å². The molecule has 0 saturated carbocycles. The first-order valence-electron chi connectivity index (χ1n) is 12.0. The van der Waals surface area contributed by atoms with Crippen molar-refractivity contribution in [3.8, 4) is 19.5 Å². The highest BCUT2D eigenvalue weighted by molar-refractivity contribution is 7.27. The molecule has 31 heavy (non-hydrogen) atoms. The van der Waals surface area contributed by atoms with E-state index in [9.17, 15) is 0 Å². The molecule has 4 rings (SSSR count). The van der Waals surface area contributed by atoms with Crippen molar-refractivity contribution in [3.05, 3.63) is 58.8 Å². The third-order valence-electron chi connectivity index (χ3n) is 6.12. The molecule has 0 N–H and O–H groups in total. The Bertz CT molecular complexity index is 1040. The normalized spacial score (nSPS) is 11.5. The number of rotatable bonds is 13. The van der Waals surface area contributed by atoms with Gasteiger partial charge in [0, 0.05) is 20.5 Å². The van der Waals surface area contributed by atoms with E-state index >= 15 is 0 Å². The Balaban J connectivity index is 1.35. The van der Waals surface area contributed by atoms with Crippen LogP contribution in [0.3, 0.4) is 0 Å². The molecule has 4 aromatic rings. The van der Waals surface area contributed by atoms with Crippen LogP contribution in [0, 0.1) is 0 Å². The molecule has 0 radical (unpaired) electrons. The highest BCUT2D eigenvalue weighted by Gasteiger charge is 2.17. The third kappa shape index (κ3) is 5.88. The van der Waals surface area contributed by atoms with Gasteiger partial charge in [0.1, 0.15) is 0 Å². The summed E-state index contributed by atoms with van der Waals surface area (Å²) in [6.07, 6.45) is 15.2. The summed E-state index contributed by atoms with van der Waals surface area (Å²) in [7, 11) is 0. The van der Waals surface area contributed by atoms with Crippen LogP contribution < -0.4 is 0 Å². The van der Waals surface area contributed by atoms with Crippen molar-refractivity contribution in [2.75, 3.05) is 0 Å². The van der Waals surface area contributed by atoms with Gasteiger partial charge in [-0.2, -0.15) is 0 Å². The van der Waals surface area contributed by atoms with Crippen LogP contribution >= 0.6 is 34.0 Å². The van der Waals surface area contributed by atoms with Crippen LogP contribution in [-0.4, -0.2) is 0 Å². The molecule has 0 aliphatic rings. The van der Waals surface area contributed by atoms with E-state index in [-0.39, 0.29) is 0 Å². The molecule has 0 fully saturated rings. The third-order valence-corrected chi connectivity index (χ3v) is 9.51. The van der Waals surface area contributed by atoms with E-state index in [1.54, 1.807) is 5.56 Å². The van der Waals surface area contributed by atoms with E-state index in [0.717, 1.165) is 0 Å². The first kappa shape index (κ1) is 22.8. The molecule has 0 bridgehead atoms. The predicted molar refractivity (Wildman–Crippen MR) is 144 cm³/mol. The van der Waals surface area contributed by atoms with Gasteiger partial charge in [-0.15, -0.1) is 34.0 Å². The number of fused-ring (bicyclic) bond motifs is 1. The summed E-state index contributed by atoms with van der Waals surface area (Å²) in [6, 6.07) is 15.7. The molecule has 3 heterocycles. The van der Waals surface area contributed by atoms with Crippen LogP contribution in [0.4, 0.5) is 0 Å². The highest BCUT2D eigenvalue weighted by atomic mass is 32.1. The molecule has 0 aliphatic carbocycles. The lowest BCUT2D eigenvalue weighted by molar-refractivity contribution is 0.556. The number of hydrogen-bond donors (Lipinski definition) is 0. The van der Waals surface area contributed by atoms with Gasteiger partial charge in [0.2, 0.25) is 0 Å². The van der Waals surface area contributed by atoms with Gasteiger partial charge in [-0.05, 0) is 41.3 Å². The van der Waals surface area contributed by atoms with E-state index in [1.165, 1.54) is 101 Å². The van der Waals surface area contributed by atoms with Gasteiger partial charge in [-0.1, -0.05) is 95.0 Å². The Morgan fingerprint density at radius 3 is 1.94 bits per heavy atom. The Hall–Kier alpha value is -1.42. The molecule has 0 amide bonds.